The number of carbonyl (C=O) groups excluding carboxylic acids is 1. The molecule has 0 saturated carbocycles. The number of aryl methyl sites for hydroxylation is 1. The van der Waals surface area contributed by atoms with Gasteiger partial charge in [-0.15, -0.1) is 13.2 Å². The maximum Gasteiger partial charge on any atom is 0.522 e. The van der Waals surface area contributed by atoms with Crippen molar-refractivity contribution in [2.45, 2.75) is 31.9 Å². The van der Waals surface area contributed by atoms with E-state index in [4.69, 9.17) is 21.1 Å². The highest BCUT2D eigenvalue weighted by Gasteiger charge is 2.32. The summed E-state index contributed by atoms with van der Waals surface area (Å²) in [6, 6.07) is 6.87. The number of benzene rings is 1. The second-order valence-electron chi connectivity index (χ2n) is 7.22. The Hall–Kier alpha value is -2.46. The Morgan fingerprint density at radius 3 is 3.00 bits per heavy atom. The summed E-state index contributed by atoms with van der Waals surface area (Å²) in [5, 5.41) is 7.63. The number of rotatable bonds is 5. The van der Waals surface area contributed by atoms with Crippen molar-refractivity contribution < 1.29 is 32.2 Å². The van der Waals surface area contributed by atoms with Crippen LogP contribution in [0.3, 0.4) is 0 Å². The van der Waals surface area contributed by atoms with E-state index in [1.165, 1.54) is 10.7 Å². The molecule has 30 heavy (non-hydrogen) atoms. The predicted molar refractivity (Wildman–Crippen MR) is 99.7 cm³/mol. The van der Waals surface area contributed by atoms with Gasteiger partial charge in [-0.2, -0.15) is 5.10 Å². The minimum atomic E-state index is -4.71. The maximum atomic E-state index is 12.5. The Balaban J connectivity index is 1.31. The summed E-state index contributed by atoms with van der Waals surface area (Å²) in [5.74, 6) is 0.731. The Bertz CT molecular complexity index is 934. The van der Waals surface area contributed by atoms with Crippen molar-refractivity contribution >= 4 is 17.5 Å². The molecule has 1 amide bonds. The van der Waals surface area contributed by atoms with Crippen LogP contribution < -0.4 is 14.8 Å². The number of aromatic nitrogens is 2. The van der Waals surface area contributed by atoms with Crippen LogP contribution in [0.1, 0.15) is 22.5 Å². The standard InChI is InChI=1S/C19H19ClF3N3O4/c20-13-1-2-16-12(6-13)5-11(9-28-16)8-24-18(27)15-7-17-26(25-15)4-3-14(30-17)10-29-19(21,22)23/h1-2,6-7,11,14H,3-5,8-10H2,(H,24,27). The molecule has 1 N–H and O–H groups in total. The number of halogens is 4. The predicted octanol–water partition coefficient (Wildman–Crippen LogP) is 3.21. The molecule has 162 valence electrons. The lowest BCUT2D eigenvalue weighted by Gasteiger charge is -2.25. The number of nitrogens with one attached hydrogen (secondary N) is 1. The molecule has 0 spiro atoms. The normalized spacial score (nSPS) is 20.5. The second-order valence-corrected chi connectivity index (χ2v) is 7.66. The number of amides is 1. The van der Waals surface area contributed by atoms with E-state index in [9.17, 15) is 18.0 Å². The molecule has 0 saturated heterocycles. The Kier molecular flexibility index (Phi) is 5.79. The minimum absolute atomic E-state index is 0.0808. The minimum Gasteiger partial charge on any atom is -0.493 e. The molecule has 2 aliphatic heterocycles. The first kappa shape index (κ1) is 20.8. The van der Waals surface area contributed by atoms with Gasteiger partial charge in [-0.25, -0.2) is 4.68 Å². The molecule has 0 fully saturated rings. The third kappa shape index (κ3) is 4.99. The lowest BCUT2D eigenvalue weighted by atomic mass is 9.96. The molecule has 2 atom stereocenters. The van der Waals surface area contributed by atoms with Crippen molar-refractivity contribution in [3.05, 3.63) is 40.5 Å². The van der Waals surface area contributed by atoms with Gasteiger partial charge < -0.3 is 14.8 Å². The van der Waals surface area contributed by atoms with Crippen LogP contribution in [0.5, 0.6) is 11.6 Å². The number of carbonyl (C=O) groups is 1. The lowest BCUT2D eigenvalue weighted by molar-refractivity contribution is -0.330. The number of hydrogen-bond acceptors (Lipinski definition) is 5. The van der Waals surface area contributed by atoms with Crippen molar-refractivity contribution in [2.75, 3.05) is 19.8 Å². The zero-order valence-electron chi connectivity index (χ0n) is 15.7. The van der Waals surface area contributed by atoms with Crippen LogP contribution >= 0.6 is 11.6 Å². The zero-order chi connectivity index (χ0) is 21.3. The van der Waals surface area contributed by atoms with E-state index in [-0.39, 0.29) is 23.4 Å². The highest BCUT2D eigenvalue weighted by molar-refractivity contribution is 6.30. The van der Waals surface area contributed by atoms with E-state index >= 15 is 0 Å². The van der Waals surface area contributed by atoms with Gasteiger partial charge >= 0.3 is 6.36 Å². The molecule has 1 aromatic heterocycles. The van der Waals surface area contributed by atoms with Gasteiger partial charge in [0.2, 0.25) is 5.88 Å². The first-order valence-electron chi connectivity index (χ1n) is 9.41. The summed E-state index contributed by atoms with van der Waals surface area (Å²) in [6.45, 7) is 0.584. The molecule has 1 aromatic carbocycles. The molecule has 7 nitrogen and oxygen atoms in total. The summed E-state index contributed by atoms with van der Waals surface area (Å²) in [5.41, 5.74) is 1.13. The maximum absolute atomic E-state index is 12.5. The van der Waals surface area contributed by atoms with E-state index in [1.54, 1.807) is 6.07 Å². The molecule has 2 unspecified atom stereocenters. The SMILES string of the molecule is O=C(NCC1COc2ccc(Cl)cc2C1)c1cc2n(n1)CCC(COC(F)(F)F)O2. The molecule has 0 bridgehead atoms. The summed E-state index contributed by atoms with van der Waals surface area (Å²) in [7, 11) is 0. The van der Waals surface area contributed by atoms with Crippen LogP contribution in [-0.4, -0.2) is 47.9 Å². The van der Waals surface area contributed by atoms with Crippen molar-refractivity contribution in [2.24, 2.45) is 5.92 Å². The third-order valence-electron chi connectivity index (χ3n) is 4.92. The quantitative estimate of drug-likeness (QED) is 0.765. The van der Waals surface area contributed by atoms with Crippen molar-refractivity contribution in [3.63, 3.8) is 0 Å². The monoisotopic (exact) mass is 445 g/mol. The highest BCUT2D eigenvalue weighted by atomic mass is 35.5. The van der Waals surface area contributed by atoms with Crippen LogP contribution in [0.4, 0.5) is 13.2 Å². The lowest BCUT2D eigenvalue weighted by Crippen LogP contribution is -2.35. The van der Waals surface area contributed by atoms with Crippen molar-refractivity contribution in [1.29, 1.82) is 0 Å². The van der Waals surface area contributed by atoms with Gasteiger partial charge in [0, 0.05) is 36.5 Å². The number of alkyl halides is 3. The summed E-state index contributed by atoms with van der Waals surface area (Å²) in [6.07, 6.45) is -4.44. The van der Waals surface area contributed by atoms with Gasteiger partial charge in [0.1, 0.15) is 11.9 Å². The zero-order valence-corrected chi connectivity index (χ0v) is 16.5. The molecule has 0 radical (unpaired) electrons. The van der Waals surface area contributed by atoms with Gasteiger partial charge in [0.05, 0.1) is 13.2 Å². The molecule has 2 aliphatic rings. The van der Waals surface area contributed by atoms with Crippen LogP contribution in [0.15, 0.2) is 24.3 Å². The van der Waals surface area contributed by atoms with E-state index in [2.05, 4.69) is 15.2 Å². The number of ether oxygens (including phenoxy) is 3. The van der Waals surface area contributed by atoms with Crippen LogP contribution in [-0.2, 0) is 17.7 Å². The van der Waals surface area contributed by atoms with E-state index in [0.29, 0.717) is 31.1 Å². The summed E-state index contributed by atoms with van der Waals surface area (Å²) < 4.78 is 53.0. The molecule has 2 aromatic rings. The fourth-order valence-corrected chi connectivity index (χ4v) is 3.65. The van der Waals surface area contributed by atoms with Gasteiger partial charge in [0.15, 0.2) is 5.69 Å². The molecule has 4 rings (SSSR count). The van der Waals surface area contributed by atoms with Crippen molar-refractivity contribution in [3.8, 4) is 11.6 Å². The smallest absolute Gasteiger partial charge is 0.493 e. The first-order valence-corrected chi connectivity index (χ1v) is 9.79. The number of nitrogens with zero attached hydrogens (tertiary/aromatic N) is 2. The van der Waals surface area contributed by atoms with Crippen LogP contribution in [0, 0.1) is 5.92 Å². The highest BCUT2D eigenvalue weighted by Crippen LogP contribution is 2.30. The van der Waals surface area contributed by atoms with Gasteiger partial charge in [-0.05, 0) is 30.2 Å². The van der Waals surface area contributed by atoms with Gasteiger partial charge in [-0.3, -0.25) is 9.53 Å². The van der Waals surface area contributed by atoms with Crippen LogP contribution in [0.2, 0.25) is 5.02 Å². The molecular formula is C19H19ClF3N3O4. The third-order valence-corrected chi connectivity index (χ3v) is 5.15. The van der Waals surface area contributed by atoms with E-state index < -0.39 is 19.1 Å². The number of hydrogen-bond donors (Lipinski definition) is 1. The van der Waals surface area contributed by atoms with Gasteiger partial charge in [0.25, 0.3) is 5.91 Å². The number of fused-ring (bicyclic) bond motifs is 2. The molecular weight excluding hydrogens is 427 g/mol. The Morgan fingerprint density at radius 2 is 2.20 bits per heavy atom. The molecule has 11 heteroatoms. The summed E-state index contributed by atoms with van der Waals surface area (Å²) >= 11 is 6.02. The second kappa shape index (κ2) is 8.35. The van der Waals surface area contributed by atoms with E-state index in [0.717, 1.165) is 17.7 Å². The topological polar surface area (TPSA) is 74.6 Å². The Morgan fingerprint density at radius 1 is 1.37 bits per heavy atom. The average Bonchev–Trinajstić information content (AvgIpc) is 3.13. The first-order chi connectivity index (χ1) is 14.3. The largest absolute Gasteiger partial charge is 0.522 e. The van der Waals surface area contributed by atoms with E-state index in [1.807, 2.05) is 12.1 Å². The molecule has 0 aliphatic carbocycles. The van der Waals surface area contributed by atoms with Crippen molar-refractivity contribution in [1.82, 2.24) is 15.1 Å². The van der Waals surface area contributed by atoms with Crippen LogP contribution in [0.25, 0.3) is 0 Å². The average molecular weight is 446 g/mol. The fourth-order valence-electron chi connectivity index (χ4n) is 3.45. The fraction of sp³-hybridized carbons (Fsp3) is 0.474. The van der Waals surface area contributed by atoms with Gasteiger partial charge in [-0.1, -0.05) is 11.6 Å². The molecule has 3 heterocycles. The Labute approximate surface area is 175 Å². The summed E-state index contributed by atoms with van der Waals surface area (Å²) in [4.78, 5) is 12.5.